The Kier molecular flexibility index (Phi) is 5.30. The minimum Gasteiger partial charge on any atom is -0.399 e. The summed E-state index contributed by atoms with van der Waals surface area (Å²) in [6, 6.07) is 0. The topological polar surface area (TPSA) is 60.3 Å². The number of hydrogen-bond acceptors (Lipinski definition) is 5. The van der Waals surface area contributed by atoms with Crippen LogP contribution in [0.1, 0.15) is 85.5 Å². The number of ether oxygens (including phenoxy) is 2. The van der Waals surface area contributed by atoms with E-state index in [0.717, 1.165) is 51.0 Å². The summed E-state index contributed by atoms with van der Waals surface area (Å²) >= 11 is 0. The van der Waals surface area contributed by atoms with E-state index in [9.17, 15) is 5.11 Å². The number of aliphatic hydroxyl groups excluding tert-OH is 1. The predicted molar refractivity (Wildman–Crippen MR) is 128 cm³/mol. The zero-order valence-corrected chi connectivity index (χ0v) is 21.4. The molecule has 0 aromatic heterocycles. The Balaban J connectivity index is 1.35. The van der Waals surface area contributed by atoms with Gasteiger partial charge in [0.2, 0.25) is 0 Å². The van der Waals surface area contributed by atoms with Gasteiger partial charge in [0, 0.05) is 23.7 Å². The van der Waals surface area contributed by atoms with Crippen molar-refractivity contribution >= 4 is 5.71 Å². The monoisotopic (exact) mass is 459 g/mol. The lowest BCUT2D eigenvalue weighted by Crippen LogP contribution is -2.58. The molecule has 5 nitrogen and oxygen atoms in total. The molecule has 1 N–H and O–H groups in total. The highest BCUT2D eigenvalue weighted by molar-refractivity contribution is 5.92. The van der Waals surface area contributed by atoms with Crippen LogP contribution in [0, 0.1) is 52.3 Å². The fraction of sp³-hybridized carbons (Fsp3) is 0.964. The Labute approximate surface area is 200 Å². The summed E-state index contributed by atoms with van der Waals surface area (Å²) in [7, 11) is 1.72. The standard InChI is InChI=1S/C28H45NO4/c1-16-8-11-28(32-15-16)17(2)25-23(33-28)13-22-20-7-6-18-12-19(30)9-10-26(18,3)21(20)14-24(29-31-5)27(22,25)4/h16-23,25,30H,6-15H2,1-5H3/t16-,17+,18?,19+,20?,21?,22?,23?,25?,26+,27-,28-/m1/s1. The zero-order valence-electron chi connectivity index (χ0n) is 21.4. The van der Waals surface area contributed by atoms with Crippen molar-refractivity contribution in [2.45, 2.75) is 103 Å². The van der Waals surface area contributed by atoms with Gasteiger partial charge in [-0.05, 0) is 86.4 Å². The van der Waals surface area contributed by atoms with Crippen LogP contribution in [0.5, 0.6) is 0 Å². The number of fused-ring (bicyclic) bond motifs is 7. The zero-order chi connectivity index (χ0) is 23.2. The molecule has 2 saturated heterocycles. The number of nitrogens with zero attached hydrogens (tertiary/aromatic N) is 1. The fourth-order valence-electron chi connectivity index (χ4n) is 10.2. The average molecular weight is 460 g/mol. The Morgan fingerprint density at radius 3 is 2.58 bits per heavy atom. The quantitative estimate of drug-likeness (QED) is 0.533. The van der Waals surface area contributed by atoms with Crippen LogP contribution in [0.2, 0.25) is 0 Å². The summed E-state index contributed by atoms with van der Waals surface area (Å²) in [5, 5.41) is 15.2. The third kappa shape index (κ3) is 3.03. The minimum absolute atomic E-state index is 0.0224. The van der Waals surface area contributed by atoms with Crippen molar-refractivity contribution in [2.75, 3.05) is 13.7 Å². The van der Waals surface area contributed by atoms with E-state index in [-0.39, 0.29) is 17.6 Å². The molecule has 0 bridgehead atoms. The molecule has 0 aromatic rings. The summed E-state index contributed by atoms with van der Waals surface area (Å²) in [6.07, 6.45) is 10.2. The van der Waals surface area contributed by atoms with Crippen LogP contribution in [0.3, 0.4) is 0 Å². The lowest BCUT2D eigenvalue weighted by atomic mass is 9.44. The van der Waals surface area contributed by atoms with Crippen molar-refractivity contribution in [1.82, 2.24) is 0 Å². The molecule has 4 aliphatic carbocycles. The first-order valence-electron chi connectivity index (χ1n) is 13.8. The minimum atomic E-state index is -0.395. The van der Waals surface area contributed by atoms with E-state index in [4.69, 9.17) is 19.5 Å². The van der Waals surface area contributed by atoms with Gasteiger partial charge in [0.25, 0.3) is 0 Å². The molecule has 6 unspecified atom stereocenters. The Bertz CT molecular complexity index is 806. The van der Waals surface area contributed by atoms with Gasteiger partial charge < -0.3 is 19.4 Å². The van der Waals surface area contributed by atoms with Crippen molar-refractivity contribution in [1.29, 1.82) is 0 Å². The van der Waals surface area contributed by atoms with Crippen molar-refractivity contribution in [2.24, 2.45) is 57.4 Å². The summed E-state index contributed by atoms with van der Waals surface area (Å²) in [5.41, 5.74) is 1.62. The molecule has 186 valence electrons. The lowest BCUT2D eigenvalue weighted by Gasteiger charge is -2.61. The van der Waals surface area contributed by atoms with Crippen LogP contribution in [0.4, 0.5) is 0 Å². The Morgan fingerprint density at radius 2 is 1.85 bits per heavy atom. The van der Waals surface area contributed by atoms with Gasteiger partial charge in [-0.3, -0.25) is 0 Å². The van der Waals surface area contributed by atoms with Gasteiger partial charge in [0.05, 0.1) is 24.5 Å². The maximum Gasteiger partial charge on any atom is 0.171 e. The van der Waals surface area contributed by atoms with E-state index in [1.54, 1.807) is 7.11 Å². The molecule has 33 heavy (non-hydrogen) atoms. The second-order valence-corrected chi connectivity index (χ2v) is 13.3. The number of oxime groups is 1. The Morgan fingerprint density at radius 1 is 1.03 bits per heavy atom. The van der Waals surface area contributed by atoms with E-state index in [0.29, 0.717) is 40.9 Å². The van der Waals surface area contributed by atoms with E-state index >= 15 is 0 Å². The molecule has 5 heteroatoms. The van der Waals surface area contributed by atoms with Gasteiger partial charge >= 0.3 is 0 Å². The van der Waals surface area contributed by atoms with Crippen LogP contribution in [0.15, 0.2) is 5.16 Å². The van der Waals surface area contributed by atoms with Crippen molar-refractivity contribution in [3.63, 3.8) is 0 Å². The number of rotatable bonds is 1. The fourth-order valence-corrected chi connectivity index (χ4v) is 10.2. The molecule has 12 atom stereocenters. The second-order valence-electron chi connectivity index (χ2n) is 13.3. The molecule has 0 aromatic carbocycles. The molecule has 0 radical (unpaired) electrons. The van der Waals surface area contributed by atoms with Gasteiger partial charge in [-0.2, -0.15) is 0 Å². The SMILES string of the molecule is CON=C1CC2C(CCC3C[C@@H](O)CC[C@@]32C)C2CC3O[C@]4(CC[C@@H](C)CO4)[C@@H](C)C3[C@@]12C. The third-order valence-corrected chi connectivity index (χ3v) is 12.0. The molecule has 1 spiro atoms. The molecule has 2 aliphatic heterocycles. The van der Waals surface area contributed by atoms with Gasteiger partial charge in [0.1, 0.15) is 7.11 Å². The van der Waals surface area contributed by atoms with E-state index < -0.39 is 5.79 Å². The predicted octanol–water partition coefficient (Wildman–Crippen LogP) is 5.41. The summed E-state index contributed by atoms with van der Waals surface area (Å²) in [5.74, 6) is 3.68. The van der Waals surface area contributed by atoms with E-state index in [1.165, 1.54) is 25.0 Å². The summed E-state index contributed by atoms with van der Waals surface area (Å²) < 4.78 is 13.4. The third-order valence-electron chi connectivity index (χ3n) is 12.0. The van der Waals surface area contributed by atoms with E-state index in [2.05, 4.69) is 27.7 Å². The van der Waals surface area contributed by atoms with Gasteiger partial charge in [-0.1, -0.05) is 32.9 Å². The number of hydrogen-bond donors (Lipinski definition) is 1. The molecule has 6 rings (SSSR count). The van der Waals surface area contributed by atoms with Crippen LogP contribution < -0.4 is 0 Å². The highest BCUT2D eigenvalue weighted by atomic mass is 16.7. The Hall–Kier alpha value is -0.650. The van der Waals surface area contributed by atoms with Crippen LogP contribution >= 0.6 is 0 Å². The van der Waals surface area contributed by atoms with Crippen LogP contribution in [-0.4, -0.2) is 42.5 Å². The largest absolute Gasteiger partial charge is 0.399 e. The molecule has 4 saturated carbocycles. The first-order chi connectivity index (χ1) is 15.7. The molecular weight excluding hydrogens is 414 g/mol. The first-order valence-corrected chi connectivity index (χ1v) is 13.8. The average Bonchev–Trinajstić information content (AvgIpc) is 3.23. The number of aliphatic hydroxyl groups is 1. The van der Waals surface area contributed by atoms with Gasteiger partial charge in [-0.25, -0.2) is 0 Å². The second kappa shape index (κ2) is 7.67. The maximum atomic E-state index is 10.4. The maximum absolute atomic E-state index is 10.4. The van der Waals surface area contributed by atoms with Crippen LogP contribution in [0.25, 0.3) is 0 Å². The molecular formula is C28H45NO4. The van der Waals surface area contributed by atoms with Gasteiger partial charge in [-0.15, -0.1) is 0 Å². The smallest absolute Gasteiger partial charge is 0.171 e. The van der Waals surface area contributed by atoms with Crippen molar-refractivity contribution in [3.8, 4) is 0 Å². The highest BCUT2D eigenvalue weighted by Crippen LogP contribution is 2.70. The summed E-state index contributed by atoms with van der Waals surface area (Å²) in [6.45, 7) is 10.5. The lowest BCUT2D eigenvalue weighted by molar-refractivity contribution is -0.272. The van der Waals surface area contributed by atoms with E-state index in [1.807, 2.05) is 0 Å². The van der Waals surface area contributed by atoms with Gasteiger partial charge in [0.15, 0.2) is 5.79 Å². The van der Waals surface area contributed by atoms with Crippen molar-refractivity contribution in [3.05, 3.63) is 0 Å². The summed E-state index contributed by atoms with van der Waals surface area (Å²) in [4.78, 5) is 5.53. The normalized spacial score (nSPS) is 59.1. The first kappa shape index (κ1) is 22.8. The molecule has 0 amide bonds. The van der Waals surface area contributed by atoms with Crippen LogP contribution in [-0.2, 0) is 14.3 Å². The highest BCUT2D eigenvalue weighted by Gasteiger charge is 2.71. The molecule has 6 fully saturated rings. The molecule has 6 aliphatic rings. The van der Waals surface area contributed by atoms with Crippen molar-refractivity contribution < 1.29 is 19.4 Å². The molecule has 2 heterocycles.